The molecule has 25 heavy (non-hydrogen) atoms. The topological polar surface area (TPSA) is 34.1 Å². The highest BCUT2D eigenvalue weighted by atomic mass is 32.2. The average Bonchev–Trinajstić information content (AvgIpc) is 2.63. The summed E-state index contributed by atoms with van der Waals surface area (Å²) in [6.07, 6.45) is 7.77. The van der Waals surface area contributed by atoms with Crippen LogP contribution in [0.1, 0.15) is 49.7 Å². The van der Waals surface area contributed by atoms with Crippen molar-refractivity contribution in [2.75, 3.05) is 11.5 Å². The SMILES string of the molecule is O=S(=O)(CCCCCc1ccccc1)CCCCCc1ccccc1. The molecule has 2 nitrogen and oxygen atoms in total. The van der Waals surface area contributed by atoms with Crippen molar-refractivity contribution in [2.24, 2.45) is 0 Å². The highest BCUT2D eigenvalue weighted by molar-refractivity contribution is 7.91. The molecule has 0 fully saturated rings. The van der Waals surface area contributed by atoms with Crippen molar-refractivity contribution in [1.82, 2.24) is 0 Å². The number of aryl methyl sites for hydroxylation is 2. The first-order valence-corrected chi connectivity index (χ1v) is 11.3. The number of hydrogen-bond donors (Lipinski definition) is 0. The van der Waals surface area contributed by atoms with Crippen LogP contribution in [-0.2, 0) is 22.7 Å². The fraction of sp³-hybridized carbons (Fsp3) is 0.455. The molecule has 3 heteroatoms. The lowest BCUT2D eigenvalue weighted by molar-refractivity contribution is 0.583. The van der Waals surface area contributed by atoms with E-state index < -0.39 is 9.84 Å². The molecule has 0 atom stereocenters. The Balaban J connectivity index is 1.51. The van der Waals surface area contributed by atoms with Crippen molar-refractivity contribution >= 4 is 9.84 Å². The molecular weight excluding hydrogens is 328 g/mol. The van der Waals surface area contributed by atoms with Crippen LogP contribution in [0.2, 0.25) is 0 Å². The third kappa shape index (κ3) is 8.87. The number of hydrogen-bond acceptors (Lipinski definition) is 2. The molecule has 2 aromatic carbocycles. The average molecular weight is 359 g/mol. The predicted octanol–water partition coefficient (Wildman–Crippen LogP) is 5.23. The van der Waals surface area contributed by atoms with Crippen LogP contribution in [-0.4, -0.2) is 19.9 Å². The van der Waals surface area contributed by atoms with Crippen LogP contribution in [0.5, 0.6) is 0 Å². The second kappa shape index (κ2) is 11.1. The lowest BCUT2D eigenvalue weighted by atomic mass is 10.1. The minimum atomic E-state index is -2.87. The molecule has 0 aliphatic heterocycles. The summed E-state index contributed by atoms with van der Waals surface area (Å²) in [4.78, 5) is 0. The maximum Gasteiger partial charge on any atom is 0.150 e. The fourth-order valence-electron chi connectivity index (χ4n) is 3.05. The first kappa shape index (κ1) is 19.7. The van der Waals surface area contributed by atoms with Crippen LogP contribution >= 0.6 is 0 Å². The Bertz CT molecular complexity index is 623. The van der Waals surface area contributed by atoms with Gasteiger partial charge < -0.3 is 0 Å². The van der Waals surface area contributed by atoms with Crippen LogP contribution < -0.4 is 0 Å². The molecule has 0 unspecified atom stereocenters. The van der Waals surface area contributed by atoms with E-state index in [9.17, 15) is 8.42 Å². The largest absolute Gasteiger partial charge is 0.229 e. The van der Waals surface area contributed by atoms with Gasteiger partial charge >= 0.3 is 0 Å². The van der Waals surface area contributed by atoms with Gasteiger partial charge in [-0.25, -0.2) is 8.42 Å². The van der Waals surface area contributed by atoms with Crippen LogP contribution in [0.3, 0.4) is 0 Å². The van der Waals surface area contributed by atoms with Crippen molar-refractivity contribution in [2.45, 2.75) is 51.4 Å². The van der Waals surface area contributed by atoms with E-state index in [4.69, 9.17) is 0 Å². The van der Waals surface area contributed by atoms with Gasteiger partial charge in [-0.05, 0) is 49.7 Å². The highest BCUT2D eigenvalue weighted by Gasteiger charge is 2.09. The van der Waals surface area contributed by atoms with Gasteiger partial charge in [0.2, 0.25) is 0 Å². The quantitative estimate of drug-likeness (QED) is 0.487. The van der Waals surface area contributed by atoms with Crippen molar-refractivity contribution in [3.8, 4) is 0 Å². The summed E-state index contributed by atoms with van der Waals surface area (Å²) in [6.45, 7) is 0. The molecule has 0 saturated carbocycles. The summed E-state index contributed by atoms with van der Waals surface area (Å²) >= 11 is 0. The van der Waals surface area contributed by atoms with Gasteiger partial charge in [0.1, 0.15) is 9.84 Å². The molecule has 2 aromatic rings. The van der Waals surface area contributed by atoms with Gasteiger partial charge in [-0.2, -0.15) is 0 Å². The Hall–Kier alpha value is -1.61. The summed E-state index contributed by atoms with van der Waals surface area (Å²) in [5, 5.41) is 0. The van der Waals surface area contributed by atoms with Crippen molar-refractivity contribution in [3.05, 3.63) is 71.8 Å². The van der Waals surface area contributed by atoms with Crippen LogP contribution in [0, 0.1) is 0 Å². The Morgan fingerprint density at radius 1 is 0.520 bits per heavy atom. The van der Waals surface area contributed by atoms with Gasteiger partial charge in [0.05, 0.1) is 11.5 Å². The molecule has 0 aromatic heterocycles. The number of benzene rings is 2. The van der Waals surface area contributed by atoms with Crippen molar-refractivity contribution in [3.63, 3.8) is 0 Å². The summed E-state index contributed by atoms with van der Waals surface area (Å²) in [5.74, 6) is 0.695. The highest BCUT2D eigenvalue weighted by Crippen LogP contribution is 2.10. The third-order valence-electron chi connectivity index (χ3n) is 4.53. The Kier molecular flexibility index (Phi) is 8.75. The second-order valence-corrected chi connectivity index (χ2v) is 9.05. The number of sulfone groups is 1. The normalized spacial score (nSPS) is 11.5. The minimum Gasteiger partial charge on any atom is -0.229 e. The van der Waals surface area contributed by atoms with Gasteiger partial charge in [0, 0.05) is 0 Å². The van der Waals surface area contributed by atoms with Crippen LogP contribution in [0.15, 0.2) is 60.7 Å². The van der Waals surface area contributed by atoms with Gasteiger partial charge in [0.15, 0.2) is 0 Å². The maximum atomic E-state index is 12.1. The lowest BCUT2D eigenvalue weighted by Gasteiger charge is -2.05. The first-order valence-electron chi connectivity index (χ1n) is 9.44. The smallest absolute Gasteiger partial charge is 0.150 e. The molecule has 0 N–H and O–H groups in total. The van der Waals surface area contributed by atoms with Gasteiger partial charge in [-0.3, -0.25) is 0 Å². The Morgan fingerprint density at radius 2 is 0.920 bits per heavy atom. The van der Waals surface area contributed by atoms with E-state index in [1.165, 1.54) is 11.1 Å². The molecule has 0 aliphatic rings. The molecular formula is C22H30O2S. The maximum absolute atomic E-state index is 12.1. The summed E-state index contributed by atoms with van der Waals surface area (Å²) in [7, 11) is -2.87. The molecule has 0 heterocycles. The van der Waals surface area contributed by atoms with E-state index in [1.54, 1.807) is 0 Å². The molecule has 0 amide bonds. The standard InChI is InChI=1S/C22H30O2S/c23-25(24,19-11-3-9-17-21-13-5-1-6-14-21)20-12-4-10-18-22-15-7-2-8-16-22/h1-2,5-8,13-16H,3-4,9-12,17-20H2. The zero-order valence-electron chi connectivity index (χ0n) is 15.1. The summed E-state index contributed by atoms with van der Waals surface area (Å²) < 4.78 is 24.2. The van der Waals surface area contributed by atoms with Gasteiger partial charge in [0.25, 0.3) is 0 Å². The minimum absolute atomic E-state index is 0.348. The van der Waals surface area contributed by atoms with Crippen LogP contribution in [0.4, 0.5) is 0 Å². The van der Waals surface area contributed by atoms with Crippen molar-refractivity contribution < 1.29 is 8.42 Å². The zero-order valence-corrected chi connectivity index (χ0v) is 15.9. The fourth-order valence-corrected chi connectivity index (χ4v) is 4.54. The van der Waals surface area contributed by atoms with E-state index in [1.807, 2.05) is 12.1 Å². The predicted molar refractivity (Wildman–Crippen MR) is 107 cm³/mol. The van der Waals surface area contributed by atoms with Gasteiger partial charge in [-0.1, -0.05) is 73.5 Å². The molecule has 0 radical (unpaired) electrons. The Labute approximate surface area is 153 Å². The van der Waals surface area contributed by atoms with Gasteiger partial charge in [-0.15, -0.1) is 0 Å². The Morgan fingerprint density at radius 3 is 1.32 bits per heavy atom. The molecule has 0 aliphatic carbocycles. The van der Waals surface area contributed by atoms with Crippen molar-refractivity contribution in [1.29, 1.82) is 0 Å². The number of unbranched alkanes of at least 4 members (excludes halogenated alkanes) is 4. The van der Waals surface area contributed by atoms with E-state index in [0.717, 1.165) is 51.4 Å². The molecule has 0 spiro atoms. The summed E-state index contributed by atoms with van der Waals surface area (Å²) in [6, 6.07) is 20.8. The van der Waals surface area contributed by atoms with E-state index >= 15 is 0 Å². The zero-order chi connectivity index (χ0) is 17.8. The molecule has 0 saturated heterocycles. The first-order chi connectivity index (χ1) is 12.2. The molecule has 0 bridgehead atoms. The molecule has 2 rings (SSSR count). The monoisotopic (exact) mass is 358 g/mol. The van der Waals surface area contributed by atoms with E-state index in [0.29, 0.717) is 11.5 Å². The summed E-state index contributed by atoms with van der Waals surface area (Å²) in [5.41, 5.74) is 2.67. The molecule has 136 valence electrons. The second-order valence-electron chi connectivity index (χ2n) is 6.74. The lowest BCUT2D eigenvalue weighted by Crippen LogP contribution is -2.11. The number of rotatable bonds is 12. The van der Waals surface area contributed by atoms with E-state index in [2.05, 4.69) is 48.5 Å². The third-order valence-corrected chi connectivity index (χ3v) is 6.35. The van der Waals surface area contributed by atoms with E-state index in [-0.39, 0.29) is 0 Å². The van der Waals surface area contributed by atoms with Crippen LogP contribution in [0.25, 0.3) is 0 Å².